The van der Waals surface area contributed by atoms with Crippen molar-refractivity contribution < 1.29 is 0 Å². The zero-order valence-electron chi connectivity index (χ0n) is 2.17. The summed E-state index contributed by atoms with van der Waals surface area (Å²) in [4.78, 5) is 0. The third-order valence-corrected chi connectivity index (χ3v) is 0.643. The zero-order valence-corrected chi connectivity index (χ0v) is 3.68. The molecule has 0 N–H and O–H groups in total. The predicted octanol–water partition coefficient (Wildman–Crippen LogP) is 1.46. The second-order valence-electron chi connectivity index (χ2n) is 0.378. The summed E-state index contributed by atoms with van der Waals surface area (Å²) >= 11 is 10.1. The molecule has 0 radical (unpaired) electrons. The average molecular weight is 101 g/mol. The molecule has 0 fully saturated rings. The van der Waals surface area contributed by atoms with Crippen molar-refractivity contribution in [3.8, 4) is 0 Å². The summed E-state index contributed by atoms with van der Waals surface area (Å²) in [6.07, 6.45) is 0. The van der Waals surface area contributed by atoms with Crippen LogP contribution in [0.25, 0.3) is 0 Å². The van der Waals surface area contributed by atoms with Crippen LogP contribution in [-0.2, 0) is 0 Å². The second-order valence-corrected chi connectivity index (χ2v) is 1.13. The third kappa shape index (κ3) is 2.58. The molecule has 4 heavy (non-hydrogen) atoms. The summed E-state index contributed by atoms with van der Waals surface area (Å²) in [5.41, 5.74) is 0. The van der Waals surface area contributed by atoms with Gasteiger partial charge < -0.3 is 0 Å². The first-order valence-electron chi connectivity index (χ1n) is 1.03. The first-order chi connectivity index (χ1) is 1.91. The van der Waals surface area contributed by atoms with Gasteiger partial charge in [0.15, 0.2) is 0 Å². The van der Waals surface area contributed by atoms with Crippen LogP contribution >= 0.6 is 23.2 Å². The van der Waals surface area contributed by atoms with Crippen LogP contribution in [0.15, 0.2) is 0 Å². The van der Waals surface area contributed by atoms with Gasteiger partial charge in [0.1, 0.15) is 0 Å². The summed E-state index contributed by atoms with van der Waals surface area (Å²) in [6, 6.07) is 0. The fourth-order valence-corrected chi connectivity index (χ4v) is 0. The molecule has 0 aromatic heterocycles. The number of alkyl halides is 2. The highest BCUT2D eigenvalue weighted by atomic mass is 35.5. The Morgan fingerprint density at radius 2 is 1.25 bits per heavy atom. The lowest BCUT2D eigenvalue weighted by atomic mass is 12.0. The summed E-state index contributed by atoms with van der Waals surface area (Å²) in [5, 5.41) is 0. The van der Waals surface area contributed by atoms with Crippen molar-refractivity contribution in [2.75, 3.05) is 11.8 Å². The lowest BCUT2D eigenvalue weighted by Gasteiger charge is -1.63. The average Bonchev–Trinajstić information content (AvgIpc) is 1.37. The lowest BCUT2D eigenvalue weighted by molar-refractivity contribution is 1.52. The van der Waals surface area contributed by atoms with E-state index in [0.717, 1.165) is 0 Å². The van der Waals surface area contributed by atoms with E-state index in [4.69, 9.17) is 23.2 Å². The van der Waals surface area contributed by atoms with E-state index < -0.39 is 0 Å². The lowest BCUT2D eigenvalue weighted by Crippen LogP contribution is -1.63. The molecule has 0 aromatic rings. The Hall–Kier alpha value is 0.580. The maximum Gasteiger partial charge on any atom is 0.0359 e. The monoisotopic (exact) mass is 100.0 g/mol. The van der Waals surface area contributed by atoms with Gasteiger partial charge in [0.25, 0.3) is 0 Å². The minimum absolute atomic E-state index is 0.557. The molecule has 0 spiro atoms. The number of halogens is 2. The minimum Gasteiger partial charge on any atom is -0.125 e. The van der Waals surface area contributed by atoms with Gasteiger partial charge in [-0.05, 0) is 0 Å². The van der Waals surface area contributed by atoms with Crippen molar-refractivity contribution in [3.05, 3.63) is 0 Å². The topological polar surface area (TPSA) is 0 Å². The smallest absolute Gasteiger partial charge is 0.0359 e. The molecule has 26 valence electrons. The normalized spacial score (nSPS) is 7.50. The molecule has 0 amide bonds. The molecule has 0 aliphatic rings. The summed E-state index contributed by atoms with van der Waals surface area (Å²) in [6.45, 7) is 0. The van der Waals surface area contributed by atoms with Crippen LogP contribution in [-0.4, -0.2) is 11.8 Å². The molecule has 0 aliphatic carbocycles. The van der Waals surface area contributed by atoms with Gasteiger partial charge >= 0.3 is 0 Å². The number of hydrogen-bond donors (Lipinski definition) is 0. The molecule has 0 nitrogen and oxygen atoms in total. The van der Waals surface area contributed by atoms with Crippen LogP contribution in [0.5, 0.6) is 0 Å². The van der Waals surface area contributed by atoms with Crippen molar-refractivity contribution >= 4 is 23.2 Å². The molecule has 0 saturated heterocycles. The molecule has 0 saturated carbocycles. The van der Waals surface area contributed by atoms with E-state index in [-0.39, 0.29) is 0 Å². The van der Waals surface area contributed by atoms with Crippen LogP contribution in [0.1, 0.15) is 0 Å². The highest BCUT2D eigenvalue weighted by Crippen LogP contribution is 1.75. The Bertz CT molecular complexity index is 6.00. The Morgan fingerprint density at radius 1 is 1.00 bits per heavy atom. The Morgan fingerprint density at radius 3 is 1.25 bits per heavy atom. The molecular formula is C2H4Cl2. The van der Waals surface area contributed by atoms with Crippen molar-refractivity contribution in [3.63, 3.8) is 0 Å². The fourth-order valence-electron chi connectivity index (χ4n) is 0. The van der Waals surface area contributed by atoms with Gasteiger partial charge in [-0.25, -0.2) is 0 Å². The quantitative estimate of drug-likeness (QED) is 0.346. The van der Waals surface area contributed by atoms with Gasteiger partial charge in [-0.15, -0.1) is 23.2 Å². The molecule has 0 heterocycles. The highest BCUT2D eigenvalue weighted by molar-refractivity contribution is 6.25. The Balaban J connectivity index is 1.97. The van der Waals surface area contributed by atoms with Gasteiger partial charge in [0.2, 0.25) is 0 Å². The van der Waals surface area contributed by atoms with Gasteiger partial charge in [0, 0.05) is 11.8 Å². The van der Waals surface area contributed by atoms with Crippen molar-refractivity contribution in [2.45, 2.75) is 0 Å². The van der Waals surface area contributed by atoms with Gasteiger partial charge in [-0.2, -0.15) is 0 Å². The molecule has 0 rings (SSSR count). The maximum atomic E-state index is 5.05. The van der Waals surface area contributed by atoms with Gasteiger partial charge in [-0.1, -0.05) is 0 Å². The largest absolute Gasteiger partial charge is 0.125 e. The Kier molecular flexibility index (Phi) is 4.10. The van der Waals surface area contributed by atoms with Crippen molar-refractivity contribution in [1.29, 1.82) is 0 Å². The van der Waals surface area contributed by atoms with Crippen molar-refractivity contribution in [2.24, 2.45) is 0 Å². The zero-order chi connectivity index (χ0) is 3.41. The van der Waals surface area contributed by atoms with E-state index in [2.05, 4.69) is 0 Å². The molecule has 0 unspecified atom stereocenters. The number of hydrogen-bond acceptors (Lipinski definition) is 0. The van der Waals surface area contributed by atoms with Crippen molar-refractivity contribution in [1.82, 2.24) is 0 Å². The van der Waals surface area contributed by atoms with E-state index in [0.29, 0.717) is 11.8 Å². The minimum atomic E-state index is 0.557. The first kappa shape index (κ1) is 4.58. The summed E-state index contributed by atoms with van der Waals surface area (Å²) < 4.78 is 0. The summed E-state index contributed by atoms with van der Waals surface area (Å²) in [7, 11) is 0. The second kappa shape index (κ2) is 3.58. The van der Waals surface area contributed by atoms with E-state index >= 15 is 0 Å². The molecule has 0 atom stereocenters. The third-order valence-electron chi connectivity index (χ3n) is 0.0714. The van der Waals surface area contributed by atoms with E-state index in [1.807, 2.05) is 0 Å². The van der Waals surface area contributed by atoms with Crippen LogP contribution in [0.4, 0.5) is 0 Å². The number of rotatable bonds is 1. The Labute approximate surface area is 35.7 Å². The fraction of sp³-hybridized carbons (Fsp3) is 1.00. The highest BCUT2D eigenvalue weighted by Gasteiger charge is 1.61. The van der Waals surface area contributed by atoms with Crippen LogP contribution in [0.3, 0.4) is 0 Å². The van der Waals surface area contributed by atoms with E-state index in [9.17, 15) is 0 Å². The van der Waals surface area contributed by atoms with Crippen LogP contribution in [0.2, 0.25) is 0 Å². The molecule has 0 aliphatic heterocycles. The summed E-state index contributed by atoms with van der Waals surface area (Å²) in [5.74, 6) is 1.11. The molecular weight excluding hydrogens is 96.9 g/mol. The SMILES string of the molecule is Cl[13CH2][13CH2]Cl. The standard InChI is InChI=1S/C2H4Cl2/c3-1-2-4/h1-2H2/i1+1,2+1. The van der Waals surface area contributed by atoms with Gasteiger partial charge in [-0.3, -0.25) is 0 Å². The molecule has 0 bridgehead atoms. The van der Waals surface area contributed by atoms with Crippen LogP contribution < -0.4 is 0 Å². The van der Waals surface area contributed by atoms with E-state index in [1.54, 1.807) is 0 Å². The molecule has 0 aromatic carbocycles. The molecule has 2 heteroatoms. The van der Waals surface area contributed by atoms with Gasteiger partial charge in [0.05, 0.1) is 0 Å². The predicted molar refractivity (Wildman–Crippen MR) is 21.4 cm³/mol. The maximum absolute atomic E-state index is 5.05. The van der Waals surface area contributed by atoms with Crippen LogP contribution in [0, 0.1) is 0 Å². The first-order valence-corrected chi connectivity index (χ1v) is 2.10. The van der Waals surface area contributed by atoms with E-state index in [1.165, 1.54) is 0 Å².